The molecule has 0 aliphatic carbocycles. The van der Waals surface area contributed by atoms with E-state index in [2.05, 4.69) is 10.1 Å². The Hall–Kier alpha value is -2.48. The summed E-state index contributed by atoms with van der Waals surface area (Å²) in [6.45, 7) is 1.79. The van der Waals surface area contributed by atoms with Crippen LogP contribution in [-0.2, 0) is 18.3 Å². The molecular formula is C14H14N4O3S. The minimum absolute atomic E-state index is 0.0892. The summed E-state index contributed by atoms with van der Waals surface area (Å²) in [6, 6.07) is 3.79. The van der Waals surface area contributed by atoms with Crippen molar-refractivity contribution < 1.29 is 9.90 Å². The Labute approximate surface area is 129 Å². The molecule has 22 heavy (non-hydrogen) atoms. The molecule has 0 atom stereocenters. The van der Waals surface area contributed by atoms with Gasteiger partial charge in [-0.1, -0.05) is 6.07 Å². The highest BCUT2D eigenvalue weighted by molar-refractivity contribution is 7.13. The van der Waals surface area contributed by atoms with Crippen molar-refractivity contribution in [3.05, 3.63) is 39.1 Å². The fourth-order valence-electron chi connectivity index (χ4n) is 2.32. The van der Waals surface area contributed by atoms with Crippen LogP contribution in [0.25, 0.3) is 16.5 Å². The molecule has 0 radical (unpaired) electrons. The highest BCUT2D eigenvalue weighted by atomic mass is 32.1. The molecular weight excluding hydrogens is 304 g/mol. The number of thiophene rings is 1. The first kappa shape index (κ1) is 14.5. The molecule has 3 heterocycles. The van der Waals surface area contributed by atoms with Gasteiger partial charge in [0.15, 0.2) is 5.82 Å². The predicted molar refractivity (Wildman–Crippen MR) is 82.2 cm³/mol. The van der Waals surface area contributed by atoms with E-state index >= 15 is 0 Å². The molecule has 0 aliphatic rings. The van der Waals surface area contributed by atoms with Gasteiger partial charge in [0.25, 0.3) is 5.56 Å². The van der Waals surface area contributed by atoms with Crippen LogP contribution in [0, 0.1) is 6.92 Å². The number of rotatable bonds is 4. The Morgan fingerprint density at radius 2 is 2.23 bits per heavy atom. The van der Waals surface area contributed by atoms with Crippen molar-refractivity contribution in [2.75, 3.05) is 0 Å². The molecule has 8 heteroatoms. The van der Waals surface area contributed by atoms with Crippen molar-refractivity contribution in [3.8, 4) is 10.7 Å². The predicted octanol–water partition coefficient (Wildman–Crippen LogP) is 1.48. The van der Waals surface area contributed by atoms with Gasteiger partial charge in [-0.05, 0) is 24.8 Å². The molecule has 7 nitrogen and oxygen atoms in total. The van der Waals surface area contributed by atoms with Gasteiger partial charge < -0.3 is 9.67 Å². The molecule has 3 rings (SSSR count). The first-order chi connectivity index (χ1) is 10.5. The summed E-state index contributed by atoms with van der Waals surface area (Å²) in [7, 11) is 1.79. The van der Waals surface area contributed by atoms with Crippen molar-refractivity contribution in [3.63, 3.8) is 0 Å². The summed E-state index contributed by atoms with van der Waals surface area (Å²) >= 11 is 1.50. The van der Waals surface area contributed by atoms with Crippen LogP contribution in [0.15, 0.2) is 22.3 Å². The molecule has 114 valence electrons. The maximum absolute atomic E-state index is 12.6. The minimum atomic E-state index is -0.931. The number of aliphatic carboxylic acids is 1. The number of nitrogens with zero attached hydrogens (tertiary/aromatic N) is 4. The summed E-state index contributed by atoms with van der Waals surface area (Å²) in [5.74, 6) is 0.0156. The molecule has 0 amide bonds. The Bertz CT molecular complexity index is 908. The molecule has 0 saturated heterocycles. The fourth-order valence-corrected chi connectivity index (χ4v) is 2.97. The second-order valence-corrected chi connectivity index (χ2v) is 5.89. The Kier molecular flexibility index (Phi) is 3.53. The summed E-state index contributed by atoms with van der Waals surface area (Å²) in [6.07, 6.45) is 0.0893. The number of aryl methyl sites for hydroxylation is 1. The van der Waals surface area contributed by atoms with Crippen molar-refractivity contribution in [1.29, 1.82) is 0 Å². The van der Waals surface area contributed by atoms with Crippen molar-refractivity contribution >= 4 is 23.1 Å². The minimum Gasteiger partial charge on any atom is -0.481 e. The Balaban J connectivity index is 2.19. The van der Waals surface area contributed by atoms with Crippen molar-refractivity contribution in [2.45, 2.75) is 19.8 Å². The van der Waals surface area contributed by atoms with Crippen LogP contribution in [0.5, 0.6) is 0 Å². The van der Waals surface area contributed by atoms with E-state index in [9.17, 15) is 9.59 Å². The van der Waals surface area contributed by atoms with Gasteiger partial charge in [-0.3, -0.25) is 9.59 Å². The first-order valence-corrected chi connectivity index (χ1v) is 7.58. The van der Waals surface area contributed by atoms with E-state index in [1.807, 2.05) is 17.5 Å². The summed E-state index contributed by atoms with van der Waals surface area (Å²) in [5, 5.41) is 15.0. The molecule has 0 spiro atoms. The Morgan fingerprint density at radius 3 is 2.86 bits per heavy atom. The van der Waals surface area contributed by atoms with Crippen LogP contribution in [0.4, 0.5) is 0 Å². The van der Waals surface area contributed by atoms with Gasteiger partial charge in [0.1, 0.15) is 0 Å². The third-order valence-electron chi connectivity index (χ3n) is 3.61. The lowest BCUT2D eigenvalue weighted by atomic mass is 10.1. The second kappa shape index (κ2) is 5.38. The maximum atomic E-state index is 12.6. The van der Waals surface area contributed by atoms with Crippen molar-refractivity contribution in [2.24, 2.45) is 7.05 Å². The highest BCUT2D eigenvalue weighted by Crippen LogP contribution is 2.21. The van der Waals surface area contributed by atoms with Gasteiger partial charge in [-0.25, -0.2) is 0 Å². The second-order valence-electron chi connectivity index (χ2n) is 4.95. The van der Waals surface area contributed by atoms with Crippen LogP contribution >= 0.6 is 11.3 Å². The number of hydrogen-bond acceptors (Lipinski definition) is 5. The van der Waals surface area contributed by atoms with Gasteiger partial charge in [0.05, 0.1) is 4.88 Å². The van der Waals surface area contributed by atoms with Gasteiger partial charge >= 0.3 is 5.97 Å². The lowest BCUT2D eigenvalue weighted by molar-refractivity contribution is -0.136. The summed E-state index contributed by atoms with van der Waals surface area (Å²) in [5.41, 5.74) is 0.867. The maximum Gasteiger partial charge on any atom is 0.303 e. The van der Waals surface area contributed by atoms with Crippen LogP contribution in [0.2, 0.25) is 0 Å². The molecule has 0 fully saturated rings. The largest absolute Gasteiger partial charge is 0.481 e. The third kappa shape index (κ3) is 2.31. The van der Waals surface area contributed by atoms with E-state index in [1.54, 1.807) is 18.5 Å². The molecule has 3 aromatic heterocycles. The van der Waals surface area contributed by atoms with Crippen LogP contribution < -0.4 is 5.56 Å². The number of fused-ring (bicyclic) bond motifs is 1. The third-order valence-corrected chi connectivity index (χ3v) is 4.48. The van der Waals surface area contributed by atoms with E-state index in [-0.39, 0.29) is 18.4 Å². The van der Waals surface area contributed by atoms with Gasteiger partial charge in [0.2, 0.25) is 5.78 Å². The summed E-state index contributed by atoms with van der Waals surface area (Å²) in [4.78, 5) is 28.6. The van der Waals surface area contributed by atoms with E-state index in [0.29, 0.717) is 22.9 Å². The number of carbonyl (C=O) groups is 1. The quantitative estimate of drug-likeness (QED) is 0.787. The standard InChI is InChI=1S/C14H14N4O3S/c1-8-9(5-6-11(19)20)13(21)18-14(17(8)2)15-12(16-18)10-4-3-7-22-10/h3-4,7H,5-6H2,1-2H3,(H,19,20). The molecule has 0 aromatic carbocycles. The molecule has 0 bridgehead atoms. The molecule has 0 aliphatic heterocycles. The van der Waals surface area contributed by atoms with Crippen LogP contribution in [0.1, 0.15) is 17.7 Å². The highest BCUT2D eigenvalue weighted by Gasteiger charge is 2.17. The Morgan fingerprint density at radius 1 is 1.45 bits per heavy atom. The lowest BCUT2D eigenvalue weighted by Crippen LogP contribution is -2.25. The van der Waals surface area contributed by atoms with E-state index < -0.39 is 5.97 Å². The topological polar surface area (TPSA) is 89.5 Å². The average Bonchev–Trinajstić information content (AvgIpc) is 3.13. The number of carboxylic acids is 1. The number of carboxylic acid groups (broad SMARTS) is 1. The van der Waals surface area contributed by atoms with Crippen LogP contribution in [-0.4, -0.2) is 30.2 Å². The number of aromatic nitrogens is 4. The fraction of sp³-hybridized carbons (Fsp3) is 0.286. The monoisotopic (exact) mass is 318 g/mol. The van der Waals surface area contributed by atoms with Crippen LogP contribution in [0.3, 0.4) is 0 Å². The molecule has 0 unspecified atom stereocenters. The molecule has 3 aromatic rings. The average molecular weight is 318 g/mol. The zero-order valence-corrected chi connectivity index (χ0v) is 12.9. The SMILES string of the molecule is Cc1c(CCC(=O)O)c(=O)n2nc(-c3cccs3)nc2n1C. The van der Waals surface area contributed by atoms with Crippen molar-refractivity contribution in [1.82, 2.24) is 19.2 Å². The van der Waals surface area contributed by atoms with Gasteiger partial charge in [-0.15, -0.1) is 16.4 Å². The van der Waals surface area contributed by atoms with E-state index in [0.717, 1.165) is 4.88 Å². The lowest BCUT2D eigenvalue weighted by Gasteiger charge is -2.10. The zero-order valence-electron chi connectivity index (χ0n) is 12.1. The smallest absolute Gasteiger partial charge is 0.303 e. The van der Waals surface area contributed by atoms with Gasteiger partial charge in [-0.2, -0.15) is 9.50 Å². The normalized spacial score (nSPS) is 11.2. The molecule has 0 saturated carbocycles. The zero-order chi connectivity index (χ0) is 15.9. The number of hydrogen-bond donors (Lipinski definition) is 1. The van der Waals surface area contributed by atoms with Gasteiger partial charge in [0, 0.05) is 24.7 Å². The molecule has 1 N–H and O–H groups in total. The first-order valence-electron chi connectivity index (χ1n) is 6.70. The van der Waals surface area contributed by atoms with E-state index in [4.69, 9.17) is 5.11 Å². The summed E-state index contributed by atoms with van der Waals surface area (Å²) < 4.78 is 3.02. The van der Waals surface area contributed by atoms with E-state index in [1.165, 1.54) is 15.9 Å².